The van der Waals surface area contributed by atoms with Gasteiger partial charge in [-0.15, -0.1) is 0 Å². The highest BCUT2D eigenvalue weighted by Crippen LogP contribution is 2.27. The lowest BCUT2D eigenvalue weighted by Gasteiger charge is -2.08. The smallest absolute Gasteiger partial charge is 0.163 e. The quantitative estimate of drug-likeness (QED) is 0.133. The number of ether oxygens (including phenoxy) is 4. The van der Waals surface area contributed by atoms with Crippen molar-refractivity contribution < 1.29 is 42.9 Å². The zero-order valence-corrected chi connectivity index (χ0v) is 32.6. The fraction of sp³-hybridized carbons (Fsp3) is 0.196. The molecular weight excluding hydrogens is 696 g/mol. The third kappa shape index (κ3) is 12.5. The van der Waals surface area contributed by atoms with Gasteiger partial charge in [0.2, 0.25) is 0 Å². The number of hydrogen-bond acceptors (Lipinski definition) is 9. The molecule has 0 atom stereocenters. The summed E-state index contributed by atoms with van der Waals surface area (Å²) >= 11 is 0. The molecule has 0 saturated heterocycles. The van der Waals surface area contributed by atoms with Gasteiger partial charge in [0, 0.05) is 22.3 Å². The maximum Gasteiger partial charge on any atom is 0.163 e. The molecule has 9 heteroatoms. The van der Waals surface area contributed by atoms with E-state index < -0.39 is 0 Å². The molecule has 9 nitrogen and oxygen atoms in total. The van der Waals surface area contributed by atoms with Gasteiger partial charge in [-0.1, -0.05) is 36.4 Å². The summed E-state index contributed by atoms with van der Waals surface area (Å²) < 4.78 is 20.1. The van der Waals surface area contributed by atoms with Crippen molar-refractivity contribution in [3.63, 3.8) is 0 Å². The van der Waals surface area contributed by atoms with Gasteiger partial charge in [0.15, 0.2) is 28.9 Å². The van der Waals surface area contributed by atoms with Crippen molar-refractivity contribution in [3.05, 3.63) is 143 Å². The highest BCUT2D eigenvalue weighted by Gasteiger charge is 2.11. The molecule has 6 aromatic rings. The van der Waals surface area contributed by atoms with Gasteiger partial charge in [-0.05, 0) is 135 Å². The number of benzene rings is 6. The Morgan fingerprint density at radius 2 is 0.636 bits per heavy atom. The summed E-state index contributed by atoms with van der Waals surface area (Å²) in [6, 6.07) is 34.5. The standard InChI is InChI=1S/C15H14O3.C14H12O2.C9H10O2.C8H10O2/c1-9(16)11-4-5-12-8-15(18-3)14(10(2)17)7-13(12)6-11;1-9(15)11-3-5-14-8-12(10(2)16)4-6-13(14)7-11;1-7(10)8-3-5-9(11-2)6-4-8;1-9-7-3-5-8(10-2)6-4-7/h4-8H,1-3H3;3-8H,1-2H3;3-6H,1-2H3;3-6H,1-2H3. The van der Waals surface area contributed by atoms with Crippen molar-refractivity contribution in [2.45, 2.75) is 34.6 Å². The molecule has 55 heavy (non-hydrogen) atoms. The summed E-state index contributed by atoms with van der Waals surface area (Å²) in [6.45, 7) is 7.66. The van der Waals surface area contributed by atoms with Crippen LogP contribution in [0, 0.1) is 0 Å². The van der Waals surface area contributed by atoms with Crippen LogP contribution in [0.3, 0.4) is 0 Å². The summed E-state index contributed by atoms with van der Waals surface area (Å²) in [5, 5.41) is 3.78. The second kappa shape index (κ2) is 20.6. The predicted molar refractivity (Wildman–Crippen MR) is 217 cm³/mol. The molecule has 6 aromatic carbocycles. The van der Waals surface area contributed by atoms with Gasteiger partial charge in [-0.3, -0.25) is 24.0 Å². The van der Waals surface area contributed by atoms with E-state index in [9.17, 15) is 24.0 Å². The molecule has 0 radical (unpaired) electrons. The van der Waals surface area contributed by atoms with Gasteiger partial charge in [0.25, 0.3) is 0 Å². The molecule has 0 spiro atoms. The molecule has 284 valence electrons. The zero-order valence-electron chi connectivity index (χ0n) is 32.6. The molecule has 0 heterocycles. The second-order valence-electron chi connectivity index (χ2n) is 12.3. The Kier molecular flexibility index (Phi) is 16.0. The van der Waals surface area contributed by atoms with Crippen molar-refractivity contribution in [1.29, 1.82) is 0 Å². The third-order valence-electron chi connectivity index (χ3n) is 8.39. The van der Waals surface area contributed by atoms with Gasteiger partial charge in [0.05, 0.1) is 34.0 Å². The number of hydrogen-bond donors (Lipinski definition) is 0. The van der Waals surface area contributed by atoms with Gasteiger partial charge in [-0.25, -0.2) is 0 Å². The minimum Gasteiger partial charge on any atom is -0.497 e. The Morgan fingerprint density at radius 1 is 0.327 bits per heavy atom. The van der Waals surface area contributed by atoms with Gasteiger partial charge >= 0.3 is 0 Å². The number of Topliss-reactive ketones (excluding diaryl/α,β-unsaturated/α-hetero) is 5. The maximum absolute atomic E-state index is 11.5. The van der Waals surface area contributed by atoms with Crippen LogP contribution in [0.5, 0.6) is 23.0 Å². The van der Waals surface area contributed by atoms with E-state index in [-0.39, 0.29) is 28.9 Å². The van der Waals surface area contributed by atoms with Crippen LogP contribution in [-0.4, -0.2) is 57.4 Å². The van der Waals surface area contributed by atoms with Crippen LogP contribution in [0.25, 0.3) is 21.5 Å². The first-order chi connectivity index (χ1) is 26.2. The van der Waals surface area contributed by atoms with Crippen molar-refractivity contribution in [2.24, 2.45) is 0 Å². The molecule has 0 aliphatic heterocycles. The minimum atomic E-state index is -0.0537. The Balaban J connectivity index is 0.000000203. The Bertz CT molecular complexity index is 2210. The molecule has 0 amide bonds. The summed E-state index contributed by atoms with van der Waals surface area (Å²) in [5.41, 5.74) is 3.28. The number of methoxy groups -OCH3 is 4. The van der Waals surface area contributed by atoms with E-state index in [1.807, 2.05) is 60.7 Å². The van der Waals surface area contributed by atoms with Crippen molar-refractivity contribution in [3.8, 4) is 23.0 Å². The number of carbonyl (C=O) groups is 5. The summed E-state index contributed by atoms with van der Waals surface area (Å²) in [5.74, 6) is 3.17. The minimum absolute atomic E-state index is 0.0112. The number of rotatable bonds is 9. The highest BCUT2D eigenvalue weighted by molar-refractivity contribution is 6.04. The molecular formula is C46H46O9. The average Bonchev–Trinajstić information content (AvgIpc) is 3.20. The first-order valence-electron chi connectivity index (χ1n) is 17.2. The van der Waals surface area contributed by atoms with E-state index in [2.05, 4.69) is 0 Å². The lowest BCUT2D eigenvalue weighted by atomic mass is 10.0. The van der Waals surface area contributed by atoms with Crippen molar-refractivity contribution >= 4 is 50.5 Å². The topological polar surface area (TPSA) is 122 Å². The lowest BCUT2D eigenvalue weighted by Crippen LogP contribution is -1.98. The molecule has 0 aliphatic carbocycles. The van der Waals surface area contributed by atoms with E-state index in [0.29, 0.717) is 33.6 Å². The zero-order chi connectivity index (χ0) is 40.7. The summed E-state index contributed by atoms with van der Waals surface area (Å²) in [7, 11) is 6.42. The summed E-state index contributed by atoms with van der Waals surface area (Å²) in [6.07, 6.45) is 0. The largest absolute Gasteiger partial charge is 0.497 e. The van der Waals surface area contributed by atoms with Gasteiger partial charge in [-0.2, -0.15) is 0 Å². The van der Waals surface area contributed by atoms with Crippen LogP contribution in [0.2, 0.25) is 0 Å². The number of ketones is 5. The monoisotopic (exact) mass is 742 g/mol. The molecule has 0 bridgehead atoms. The molecule has 6 rings (SSSR count). The van der Waals surface area contributed by atoms with E-state index in [0.717, 1.165) is 38.8 Å². The second-order valence-corrected chi connectivity index (χ2v) is 12.3. The molecule has 0 fully saturated rings. The Hall–Kier alpha value is -6.61. The average molecular weight is 743 g/mol. The van der Waals surface area contributed by atoms with Crippen LogP contribution >= 0.6 is 0 Å². The van der Waals surface area contributed by atoms with E-state index in [1.54, 1.807) is 96.7 Å². The molecule has 0 aliphatic rings. The highest BCUT2D eigenvalue weighted by atomic mass is 16.5. The van der Waals surface area contributed by atoms with Crippen LogP contribution in [0.4, 0.5) is 0 Å². The normalized spacial score (nSPS) is 9.91. The maximum atomic E-state index is 11.5. The van der Waals surface area contributed by atoms with Crippen molar-refractivity contribution in [1.82, 2.24) is 0 Å². The SMILES string of the molecule is CC(=O)c1ccc2cc(C(C)=O)ccc2c1.COc1cc2ccc(C(C)=O)cc2cc1C(C)=O.COc1ccc(C(C)=O)cc1.COc1ccc(OC)cc1. The molecule has 0 unspecified atom stereocenters. The molecule has 0 aromatic heterocycles. The van der Waals surface area contributed by atoms with Gasteiger partial charge < -0.3 is 18.9 Å². The number of carbonyl (C=O) groups excluding carboxylic acids is 5. The van der Waals surface area contributed by atoms with Crippen molar-refractivity contribution in [2.75, 3.05) is 28.4 Å². The molecule has 0 N–H and O–H groups in total. The number of fused-ring (bicyclic) bond motifs is 2. The van der Waals surface area contributed by atoms with Crippen LogP contribution < -0.4 is 18.9 Å². The van der Waals surface area contributed by atoms with E-state index >= 15 is 0 Å². The Labute approximate surface area is 321 Å². The fourth-order valence-corrected chi connectivity index (χ4v) is 5.16. The van der Waals surface area contributed by atoms with E-state index in [1.165, 1.54) is 21.0 Å². The Morgan fingerprint density at radius 3 is 0.945 bits per heavy atom. The fourth-order valence-electron chi connectivity index (χ4n) is 5.16. The summed E-state index contributed by atoms with van der Waals surface area (Å²) in [4.78, 5) is 56.1. The van der Waals surface area contributed by atoms with Crippen LogP contribution in [-0.2, 0) is 0 Å². The third-order valence-corrected chi connectivity index (χ3v) is 8.39. The van der Waals surface area contributed by atoms with Crippen LogP contribution in [0.1, 0.15) is 86.4 Å². The first kappa shape index (κ1) is 42.8. The van der Waals surface area contributed by atoms with Gasteiger partial charge in [0.1, 0.15) is 23.0 Å². The predicted octanol–water partition coefficient (Wildman–Crippen LogP) is 10.1. The lowest BCUT2D eigenvalue weighted by molar-refractivity contribution is 0.100. The first-order valence-corrected chi connectivity index (χ1v) is 17.2. The molecule has 0 saturated carbocycles. The van der Waals surface area contributed by atoms with E-state index in [4.69, 9.17) is 18.9 Å². The van der Waals surface area contributed by atoms with Crippen LogP contribution in [0.15, 0.2) is 115 Å².